The Bertz CT molecular complexity index is 706. The molecule has 0 radical (unpaired) electrons. The Hall–Kier alpha value is -1.63. The zero-order valence-corrected chi connectivity index (χ0v) is 19.7. The van der Waals surface area contributed by atoms with Crippen molar-refractivity contribution in [1.29, 1.82) is 0 Å². The summed E-state index contributed by atoms with van der Waals surface area (Å²) < 4.78 is 6.23. The van der Waals surface area contributed by atoms with Crippen molar-refractivity contribution in [2.75, 3.05) is 0 Å². The molecule has 0 aliphatic heterocycles. The van der Waals surface area contributed by atoms with Crippen molar-refractivity contribution in [3.8, 4) is 11.5 Å². The fourth-order valence-electron chi connectivity index (χ4n) is 3.73. The summed E-state index contributed by atoms with van der Waals surface area (Å²) in [6.45, 7) is 9.61. The third-order valence-electron chi connectivity index (χ3n) is 5.41. The van der Waals surface area contributed by atoms with Crippen LogP contribution in [0.25, 0.3) is 0 Å². The quantitative estimate of drug-likeness (QED) is 0.189. The van der Waals surface area contributed by atoms with Crippen LogP contribution in [0.2, 0.25) is 19.6 Å². The molecular weight excluding hydrogens is 372 g/mol. The van der Waals surface area contributed by atoms with E-state index in [0.29, 0.717) is 31.1 Å². The zero-order valence-electron chi connectivity index (χ0n) is 18.7. The molecule has 0 N–H and O–H groups in total. The summed E-state index contributed by atoms with van der Waals surface area (Å²) in [6, 6.07) is 10.4. The number of unbranched alkanes of at least 4 members (excludes halogenated alkanes) is 2. The number of hydrogen-bond acceptors (Lipinski definition) is 2. The molecule has 1 aromatic carbocycles. The van der Waals surface area contributed by atoms with Crippen LogP contribution >= 0.6 is 0 Å². The largest absolute Gasteiger partial charge is 0.369 e. The zero-order chi connectivity index (χ0) is 21.1. The first kappa shape index (κ1) is 23.6. The second-order valence-corrected chi connectivity index (χ2v) is 14.0. The van der Waals surface area contributed by atoms with Crippen molar-refractivity contribution in [1.82, 2.24) is 0 Å². The molecule has 3 heteroatoms. The monoisotopic (exact) mass is 410 g/mol. The summed E-state index contributed by atoms with van der Waals surface area (Å²) in [6.07, 6.45) is 11.6. The Morgan fingerprint density at radius 3 is 2.66 bits per heavy atom. The van der Waals surface area contributed by atoms with Crippen molar-refractivity contribution >= 4 is 13.9 Å². The molecule has 1 aliphatic carbocycles. The number of benzene rings is 1. The Labute approximate surface area is 179 Å². The van der Waals surface area contributed by atoms with E-state index in [1.165, 1.54) is 24.8 Å². The fraction of sp³-hybridized carbons (Fsp3) is 0.577. The van der Waals surface area contributed by atoms with E-state index in [9.17, 15) is 4.79 Å². The van der Waals surface area contributed by atoms with E-state index in [2.05, 4.69) is 74.4 Å². The van der Waals surface area contributed by atoms with Crippen molar-refractivity contribution < 1.29 is 9.53 Å². The number of carbonyl (C=O) groups is 1. The molecule has 1 saturated carbocycles. The van der Waals surface area contributed by atoms with Gasteiger partial charge >= 0.3 is 0 Å². The van der Waals surface area contributed by atoms with Gasteiger partial charge in [0.05, 0.1) is 12.7 Å². The van der Waals surface area contributed by atoms with Crippen molar-refractivity contribution in [3.05, 3.63) is 48.0 Å². The number of ether oxygens (including phenoxy) is 1. The molecule has 0 amide bonds. The number of carbonyl (C=O) groups excluding carboxylic acids is 1. The molecule has 1 fully saturated rings. The highest BCUT2D eigenvalue weighted by molar-refractivity contribution is 6.83. The highest BCUT2D eigenvalue weighted by Gasteiger charge is 2.32. The van der Waals surface area contributed by atoms with Crippen molar-refractivity contribution in [2.24, 2.45) is 11.8 Å². The molecule has 0 saturated heterocycles. The van der Waals surface area contributed by atoms with E-state index in [1.54, 1.807) is 0 Å². The third kappa shape index (κ3) is 9.15. The van der Waals surface area contributed by atoms with Gasteiger partial charge < -0.3 is 4.74 Å². The van der Waals surface area contributed by atoms with Crippen LogP contribution in [0.15, 0.2) is 42.5 Å². The van der Waals surface area contributed by atoms with Gasteiger partial charge in [0.15, 0.2) is 0 Å². The number of Topliss-reactive ketones (excluding diaryl/α,β-unsaturated/α-hetero) is 1. The van der Waals surface area contributed by atoms with E-state index >= 15 is 0 Å². The third-order valence-corrected chi connectivity index (χ3v) is 6.34. The summed E-state index contributed by atoms with van der Waals surface area (Å²) in [4.78, 5) is 12.4. The van der Waals surface area contributed by atoms with Crippen LogP contribution in [0.1, 0.15) is 57.4 Å². The van der Waals surface area contributed by atoms with Crippen LogP contribution in [0.4, 0.5) is 0 Å². The lowest BCUT2D eigenvalue weighted by Crippen LogP contribution is -2.18. The van der Waals surface area contributed by atoms with E-state index in [0.717, 1.165) is 12.8 Å². The molecule has 0 bridgehead atoms. The minimum atomic E-state index is -1.38. The first-order valence-electron chi connectivity index (χ1n) is 11.3. The Balaban J connectivity index is 1.98. The van der Waals surface area contributed by atoms with Gasteiger partial charge in [-0.05, 0) is 24.3 Å². The predicted molar refractivity (Wildman–Crippen MR) is 125 cm³/mol. The summed E-state index contributed by atoms with van der Waals surface area (Å²) in [5.74, 6) is 4.10. The average Bonchev–Trinajstić information content (AvgIpc) is 3.03. The standard InChI is InChI=1S/C26H38O2Si/c1-5-6-8-14-24(28-21-22-12-9-7-10-13-22)18-16-23-17-19-26(27)25(23)15-11-20-29(2,3)4/h7,9-10,12-13,16,18,23-25H,5-6,8,14-15,17,19,21H2,1-4H3/b18-16+. The highest BCUT2D eigenvalue weighted by Crippen LogP contribution is 2.32. The summed E-state index contributed by atoms with van der Waals surface area (Å²) in [5, 5.41) is 0. The first-order chi connectivity index (χ1) is 13.9. The first-order valence-corrected chi connectivity index (χ1v) is 14.8. The predicted octanol–water partition coefficient (Wildman–Crippen LogP) is 6.57. The normalized spacial score (nSPS) is 20.6. The van der Waals surface area contributed by atoms with Crippen LogP contribution in [0.3, 0.4) is 0 Å². The lowest BCUT2D eigenvalue weighted by Gasteiger charge is -2.17. The number of ketones is 1. The van der Waals surface area contributed by atoms with E-state index in [-0.39, 0.29) is 12.0 Å². The maximum Gasteiger partial charge on any atom is 0.137 e. The summed E-state index contributed by atoms with van der Waals surface area (Å²) >= 11 is 0. The lowest BCUT2D eigenvalue weighted by atomic mass is 9.91. The molecule has 0 aromatic heterocycles. The van der Waals surface area contributed by atoms with Crippen LogP contribution in [-0.4, -0.2) is 20.0 Å². The van der Waals surface area contributed by atoms with Gasteiger partial charge in [0.1, 0.15) is 13.9 Å². The SMILES string of the molecule is CCCCCC(/C=C/C1CCC(=O)C1CC#C[Si](C)(C)C)OCc1ccccc1. The average molecular weight is 411 g/mol. The van der Waals surface area contributed by atoms with Gasteiger partial charge in [-0.15, -0.1) is 11.5 Å². The van der Waals surface area contributed by atoms with Gasteiger partial charge in [-0.3, -0.25) is 4.79 Å². The fourth-order valence-corrected chi connectivity index (χ4v) is 4.36. The Morgan fingerprint density at radius 1 is 1.21 bits per heavy atom. The highest BCUT2D eigenvalue weighted by atomic mass is 28.3. The minimum absolute atomic E-state index is 0.0699. The molecule has 158 valence electrons. The number of hydrogen-bond donors (Lipinski definition) is 0. The molecular formula is C26H38O2Si. The van der Waals surface area contributed by atoms with Gasteiger partial charge in [-0.2, -0.15) is 0 Å². The summed E-state index contributed by atoms with van der Waals surface area (Å²) in [7, 11) is -1.38. The summed E-state index contributed by atoms with van der Waals surface area (Å²) in [5.41, 5.74) is 4.62. The van der Waals surface area contributed by atoms with Gasteiger partial charge in [0, 0.05) is 18.8 Å². The molecule has 3 unspecified atom stereocenters. The van der Waals surface area contributed by atoms with Crippen LogP contribution in [0, 0.1) is 23.3 Å². The van der Waals surface area contributed by atoms with Crippen LogP contribution < -0.4 is 0 Å². The second kappa shape index (κ2) is 12.2. The van der Waals surface area contributed by atoms with Crippen LogP contribution in [0.5, 0.6) is 0 Å². The van der Waals surface area contributed by atoms with E-state index in [4.69, 9.17) is 4.74 Å². The maximum absolute atomic E-state index is 12.4. The van der Waals surface area contributed by atoms with Gasteiger partial charge in [0.25, 0.3) is 0 Å². The molecule has 29 heavy (non-hydrogen) atoms. The number of rotatable bonds is 10. The van der Waals surface area contributed by atoms with Gasteiger partial charge in [-0.25, -0.2) is 0 Å². The molecule has 2 nitrogen and oxygen atoms in total. The van der Waals surface area contributed by atoms with E-state index in [1.807, 2.05) is 6.07 Å². The Kier molecular flexibility index (Phi) is 9.91. The second-order valence-electron chi connectivity index (χ2n) is 9.25. The minimum Gasteiger partial charge on any atom is -0.369 e. The smallest absolute Gasteiger partial charge is 0.137 e. The molecule has 3 atom stereocenters. The van der Waals surface area contributed by atoms with Crippen LogP contribution in [-0.2, 0) is 16.1 Å². The molecule has 2 rings (SSSR count). The van der Waals surface area contributed by atoms with E-state index < -0.39 is 8.07 Å². The molecule has 1 aliphatic rings. The molecule has 0 heterocycles. The topological polar surface area (TPSA) is 26.3 Å². The Morgan fingerprint density at radius 2 is 1.97 bits per heavy atom. The molecule has 1 aromatic rings. The van der Waals surface area contributed by atoms with Gasteiger partial charge in [0.2, 0.25) is 0 Å². The molecule has 0 spiro atoms. The van der Waals surface area contributed by atoms with Crippen molar-refractivity contribution in [3.63, 3.8) is 0 Å². The maximum atomic E-state index is 12.4. The lowest BCUT2D eigenvalue weighted by molar-refractivity contribution is -0.120. The van der Waals surface area contributed by atoms with Gasteiger partial charge in [-0.1, -0.05) is 88.3 Å². The number of allylic oxidation sites excluding steroid dienone is 1. The van der Waals surface area contributed by atoms with Crippen molar-refractivity contribution in [2.45, 2.75) is 84.2 Å².